The molecule has 0 saturated heterocycles. The van der Waals surface area contributed by atoms with Crippen molar-refractivity contribution in [3.05, 3.63) is 18.1 Å². The van der Waals surface area contributed by atoms with Crippen LogP contribution in [0.25, 0.3) is 11.3 Å². The molecular weight excluding hydrogens is 198 g/mol. The number of hydrogen-bond donors (Lipinski definition) is 1. The molecule has 0 saturated carbocycles. The summed E-state index contributed by atoms with van der Waals surface area (Å²) in [6.45, 7) is 0. The Labute approximate surface area is 84.9 Å². The molecule has 7 nitrogen and oxygen atoms in total. The first-order valence-electron chi connectivity index (χ1n) is 4.21. The van der Waals surface area contributed by atoms with Crippen LogP contribution in [-0.4, -0.2) is 35.9 Å². The van der Waals surface area contributed by atoms with Gasteiger partial charge in [-0.15, -0.1) is 0 Å². The lowest BCUT2D eigenvalue weighted by molar-refractivity contribution is 0.0686. The average Bonchev–Trinajstić information content (AvgIpc) is 2.71. The minimum atomic E-state index is -1.03. The summed E-state index contributed by atoms with van der Waals surface area (Å²) in [5, 5.41) is 20.8. The summed E-state index contributed by atoms with van der Waals surface area (Å²) in [6, 6.07) is 0. The summed E-state index contributed by atoms with van der Waals surface area (Å²) in [6.07, 6.45) is 2.97. The molecule has 2 heterocycles. The van der Waals surface area contributed by atoms with Crippen LogP contribution in [0.5, 0.6) is 0 Å². The zero-order valence-electron chi connectivity index (χ0n) is 8.25. The highest BCUT2D eigenvalue weighted by atomic mass is 16.4. The van der Waals surface area contributed by atoms with Crippen LogP contribution >= 0.6 is 0 Å². The molecule has 2 aromatic heterocycles. The van der Waals surface area contributed by atoms with E-state index < -0.39 is 5.97 Å². The monoisotopic (exact) mass is 207 g/mol. The van der Waals surface area contributed by atoms with Crippen molar-refractivity contribution in [2.24, 2.45) is 14.1 Å². The Morgan fingerprint density at radius 1 is 1.33 bits per heavy atom. The zero-order chi connectivity index (χ0) is 11.0. The second kappa shape index (κ2) is 3.19. The van der Waals surface area contributed by atoms with E-state index in [0.717, 1.165) is 0 Å². The van der Waals surface area contributed by atoms with Gasteiger partial charge in [0.2, 0.25) is 0 Å². The minimum Gasteiger partial charge on any atom is -0.477 e. The number of rotatable bonds is 2. The van der Waals surface area contributed by atoms with Crippen molar-refractivity contribution < 1.29 is 9.90 Å². The van der Waals surface area contributed by atoms with Gasteiger partial charge in [-0.1, -0.05) is 0 Å². The van der Waals surface area contributed by atoms with E-state index in [1.54, 1.807) is 14.1 Å². The van der Waals surface area contributed by atoms with Gasteiger partial charge in [0.1, 0.15) is 5.69 Å². The smallest absolute Gasteiger partial charge is 0.354 e. The molecule has 0 atom stereocenters. The second-order valence-electron chi connectivity index (χ2n) is 3.05. The van der Waals surface area contributed by atoms with E-state index in [0.29, 0.717) is 11.3 Å². The third kappa shape index (κ3) is 1.47. The summed E-state index contributed by atoms with van der Waals surface area (Å²) in [5.74, 6) is -1.03. The number of aromatic nitrogens is 5. The van der Waals surface area contributed by atoms with Gasteiger partial charge in [-0.2, -0.15) is 20.1 Å². The molecule has 78 valence electrons. The van der Waals surface area contributed by atoms with Crippen LogP contribution in [0.15, 0.2) is 12.4 Å². The van der Waals surface area contributed by atoms with Gasteiger partial charge in [0.15, 0.2) is 5.69 Å². The van der Waals surface area contributed by atoms with Crippen LogP contribution in [0.4, 0.5) is 0 Å². The maximum Gasteiger partial charge on any atom is 0.354 e. The first-order valence-corrected chi connectivity index (χ1v) is 4.21. The molecule has 7 heteroatoms. The molecule has 0 bridgehead atoms. The fraction of sp³-hybridized carbons (Fsp3) is 0.250. The Kier molecular flexibility index (Phi) is 2.00. The van der Waals surface area contributed by atoms with Crippen molar-refractivity contribution >= 4 is 5.97 Å². The van der Waals surface area contributed by atoms with Crippen molar-refractivity contribution in [2.75, 3.05) is 0 Å². The molecule has 0 aliphatic rings. The molecule has 0 aromatic carbocycles. The first-order chi connectivity index (χ1) is 7.09. The Bertz CT molecular complexity index is 513. The van der Waals surface area contributed by atoms with Crippen LogP contribution in [0.2, 0.25) is 0 Å². The van der Waals surface area contributed by atoms with E-state index in [1.165, 1.54) is 21.9 Å². The zero-order valence-corrected chi connectivity index (χ0v) is 8.25. The van der Waals surface area contributed by atoms with Gasteiger partial charge in [-0.25, -0.2) is 4.79 Å². The van der Waals surface area contributed by atoms with Crippen LogP contribution in [-0.2, 0) is 14.1 Å². The highest BCUT2D eigenvalue weighted by molar-refractivity contribution is 5.93. The lowest BCUT2D eigenvalue weighted by Gasteiger charge is -1.96. The molecule has 2 rings (SSSR count). The third-order valence-corrected chi connectivity index (χ3v) is 2.02. The summed E-state index contributed by atoms with van der Waals surface area (Å²) in [5.41, 5.74) is 1.08. The predicted molar refractivity (Wildman–Crippen MR) is 50.2 cm³/mol. The van der Waals surface area contributed by atoms with E-state index in [2.05, 4.69) is 15.3 Å². The first kappa shape index (κ1) is 9.38. The molecule has 0 amide bonds. The highest BCUT2D eigenvalue weighted by Crippen LogP contribution is 2.19. The lowest BCUT2D eigenvalue weighted by Crippen LogP contribution is -2.06. The summed E-state index contributed by atoms with van der Waals surface area (Å²) in [4.78, 5) is 12.3. The molecule has 0 spiro atoms. The third-order valence-electron chi connectivity index (χ3n) is 2.02. The number of hydrogen-bond acceptors (Lipinski definition) is 4. The Morgan fingerprint density at radius 2 is 2.07 bits per heavy atom. The van der Waals surface area contributed by atoms with Crippen molar-refractivity contribution in [3.8, 4) is 11.3 Å². The highest BCUT2D eigenvalue weighted by Gasteiger charge is 2.18. The Hall–Kier alpha value is -2.18. The summed E-state index contributed by atoms with van der Waals surface area (Å²) >= 11 is 0. The van der Waals surface area contributed by atoms with E-state index in [1.807, 2.05) is 0 Å². The van der Waals surface area contributed by atoms with Crippen LogP contribution in [0.3, 0.4) is 0 Å². The minimum absolute atomic E-state index is 0.107. The molecule has 1 N–H and O–H groups in total. The quantitative estimate of drug-likeness (QED) is 0.744. The summed E-state index contributed by atoms with van der Waals surface area (Å²) < 4.78 is 1.30. The van der Waals surface area contributed by atoms with Crippen molar-refractivity contribution in [3.63, 3.8) is 0 Å². The molecule has 0 unspecified atom stereocenters. The van der Waals surface area contributed by atoms with Gasteiger partial charge in [0, 0.05) is 14.1 Å². The molecule has 0 aliphatic carbocycles. The Morgan fingerprint density at radius 3 is 2.60 bits per heavy atom. The van der Waals surface area contributed by atoms with Crippen LogP contribution in [0, 0.1) is 0 Å². The van der Waals surface area contributed by atoms with Crippen molar-refractivity contribution in [2.45, 2.75) is 0 Å². The normalized spacial score (nSPS) is 10.5. The standard InChI is InChI=1S/C8H9N5O2/c1-12-7(8(14)15)5(3-9-12)6-4-10-13(2)11-6/h3-4H,1-2H3,(H,14,15). The van der Waals surface area contributed by atoms with Crippen LogP contribution < -0.4 is 0 Å². The average molecular weight is 207 g/mol. The van der Waals surface area contributed by atoms with Gasteiger partial charge >= 0.3 is 5.97 Å². The molecule has 15 heavy (non-hydrogen) atoms. The summed E-state index contributed by atoms with van der Waals surface area (Å²) in [7, 11) is 3.24. The number of aryl methyl sites for hydroxylation is 2. The van der Waals surface area contributed by atoms with E-state index in [9.17, 15) is 4.79 Å². The molecule has 0 fully saturated rings. The number of carbonyl (C=O) groups is 1. The maximum atomic E-state index is 11.0. The SMILES string of the molecule is Cn1ncc(-c2cnn(C)c2C(=O)O)n1. The van der Waals surface area contributed by atoms with Crippen molar-refractivity contribution in [1.29, 1.82) is 0 Å². The number of carboxylic acids is 1. The van der Waals surface area contributed by atoms with Crippen molar-refractivity contribution in [1.82, 2.24) is 24.8 Å². The second-order valence-corrected chi connectivity index (χ2v) is 3.05. The molecular formula is C8H9N5O2. The van der Waals surface area contributed by atoms with Gasteiger partial charge < -0.3 is 5.11 Å². The fourth-order valence-electron chi connectivity index (χ4n) is 1.35. The van der Waals surface area contributed by atoms with E-state index in [-0.39, 0.29) is 5.69 Å². The van der Waals surface area contributed by atoms with E-state index in [4.69, 9.17) is 5.11 Å². The number of carboxylic acid groups (broad SMARTS) is 1. The maximum absolute atomic E-state index is 11.0. The van der Waals surface area contributed by atoms with Gasteiger partial charge in [0.05, 0.1) is 18.0 Å². The fourth-order valence-corrected chi connectivity index (χ4v) is 1.35. The lowest BCUT2D eigenvalue weighted by atomic mass is 10.2. The Balaban J connectivity index is 2.58. The molecule has 0 radical (unpaired) electrons. The van der Waals surface area contributed by atoms with Crippen LogP contribution in [0.1, 0.15) is 10.5 Å². The topological polar surface area (TPSA) is 85.8 Å². The van der Waals surface area contributed by atoms with Gasteiger partial charge in [0.25, 0.3) is 0 Å². The van der Waals surface area contributed by atoms with Gasteiger partial charge in [-0.05, 0) is 0 Å². The van der Waals surface area contributed by atoms with Gasteiger partial charge in [-0.3, -0.25) is 4.68 Å². The number of aromatic carboxylic acids is 1. The molecule has 2 aromatic rings. The van der Waals surface area contributed by atoms with E-state index >= 15 is 0 Å². The molecule has 0 aliphatic heterocycles. The number of nitrogens with zero attached hydrogens (tertiary/aromatic N) is 5. The predicted octanol–water partition coefficient (Wildman–Crippen LogP) is -0.0862. The largest absolute Gasteiger partial charge is 0.477 e.